The van der Waals surface area contributed by atoms with Crippen molar-refractivity contribution < 1.29 is 9.53 Å². The molecule has 0 saturated heterocycles. The van der Waals surface area contributed by atoms with Gasteiger partial charge in [0.25, 0.3) is 0 Å². The minimum atomic E-state index is -0.366. The van der Waals surface area contributed by atoms with Crippen LogP contribution in [0.2, 0.25) is 0 Å². The van der Waals surface area contributed by atoms with E-state index in [9.17, 15) is 4.79 Å². The molecule has 2 atom stereocenters. The second kappa shape index (κ2) is 6.05. The van der Waals surface area contributed by atoms with E-state index >= 15 is 0 Å². The Kier molecular flexibility index (Phi) is 4.66. The van der Waals surface area contributed by atoms with Crippen LogP contribution in [0, 0.1) is 11.3 Å². The van der Waals surface area contributed by atoms with Gasteiger partial charge < -0.3 is 10.5 Å². The topological polar surface area (TPSA) is 52.3 Å². The lowest BCUT2D eigenvalue weighted by molar-refractivity contribution is -0.167. The number of rotatable bonds is 3. The lowest BCUT2D eigenvalue weighted by Gasteiger charge is -2.37. The van der Waals surface area contributed by atoms with Crippen LogP contribution in [0.15, 0.2) is 0 Å². The predicted octanol–water partition coefficient (Wildman–Crippen LogP) is 3.02. The molecule has 3 heteroatoms. The van der Waals surface area contributed by atoms with Gasteiger partial charge in [0.05, 0.1) is 5.41 Å². The molecule has 2 fully saturated rings. The monoisotopic (exact) mass is 253 g/mol. The van der Waals surface area contributed by atoms with E-state index in [2.05, 4.69) is 6.92 Å². The zero-order chi connectivity index (χ0) is 13.0. The van der Waals surface area contributed by atoms with Crippen LogP contribution in [0.3, 0.4) is 0 Å². The summed E-state index contributed by atoms with van der Waals surface area (Å²) >= 11 is 0. The third-order valence-corrected chi connectivity index (χ3v) is 4.93. The van der Waals surface area contributed by atoms with Gasteiger partial charge in [0.2, 0.25) is 0 Å². The first-order chi connectivity index (χ1) is 8.68. The highest BCUT2D eigenvalue weighted by molar-refractivity contribution is 5.77. The van der Waals surface area contributed by atoms with E-state index in [-0.39, 0.29) is 17.5 Å². The standard InChI is InChI=1S/C15H27NO2/c1-12-7-3-4-8-13(12)18-14(17)15(11-16)9-5-2-6-10-15/h12-13H,2-11,16H2,1H3. The lowest BCUT2D eigenvalue weighted by Crippen LogP contribution is -2.44. The summed E-state index contributed by atoms with van der Waals surface area (Å²) in [6.45, 7) is 2.65. The van der Waals surface area contributed by atoms with E-state index < -0.39 is 0 Å². The molecule has 2 unspecified atom stereocenters. The van der Waals surface area contributed by atoms with Gasteiger partial charge >= 0.3 is 5.97 Å². The third kappa shape index (κ3) is 2.87. The third-order valence-electron chi connectivity index (χ3n) is 4.93. The van der Waals surface area contributed by atoms with Crippen molar-refractivity contribution in [3.05, 3.63) is 0 Å². The van der Waals surface area contributed by atoms with Crippen molar-refractivity contribution in [1.29, 1.82) is 0 Å². The Balaban J connectivity index is 1.96. The Labute approximate surface area is 110 Å². The average Bonchev–Trinajstić information content (AvgIpc) is 2.42. The summed E-state index contributed by atoms with van der Waals surface area (Å²) in [5, 5.41) is 0. The fraction of sp³-hybridized carbons (Fsp3) is 0.933. The van der Waals surface area contributed by atoms with E-state index in [0.717, 1.165) is 32.1 Å². The van der Waals surface area contributed by atoms with Gasteiger partial charge in [0, 0.05) is 6.54 Å². The second-order valence-corrected chi connectivity index (χ2v) is 6.25. The Hall–Kier alpha value is -0.570. The Morgan fingerprint density at radius 2 is 1.83 bits per heavy atom. The molecule has 0 amide bonds. The Morgan fingerprint density at radius 3 is 2.44 bits per heavy atom. The highest BCUT2D eigenvalue weighted by atomic mass is 16.5. The van der Waals surface area contributed by atoms with Crippen molar-refractivity contribution in [2.75, 3.05) is 6.54 Å². The van der Waals surface area contributed by atoms with Gasteiger partial charge in [0.15, 0.2) is 0 Å². The predicted molar refractivity (Wildman–Crippen MR) is 72.1 cm³/mol. The van der Waals surface area contributed by atoms with E-state index in [4.69, 9.17) is 10.5 Å². The molecule has 18 heavy (non-hydrogen) atoms. The Bertz CT molecular complexity index is 284. The molecule has 2 saturated carbocycles. The molecule has 2 aliphatic rings. The van der Waals surface area contributed by atoms with Crippen LogP contribution in [0.1, 0.15) is 64.7 Å². The van der Waals surface area contributed by atoms with Crippen molar-refractivity contribution in [1.82, 2.24) is 0 Å². The first kappa shape index (κ1) is 13.9. The summed E-state index contributed by atoms with van der Waals surface area (Å²) in [6.07, 6.45) is 10.1. The number of hydrogen-bond acceptors (Lipinski definition) is 3. The quantitative estimate of drug-likeness (QED) is 0.787. The molecule has 0 bridgehead atoms. The van der Waals surface area contributed by atoms with Crippen molar-refractivity contribution in [3.8, 4) is 0 Å². The highest BCUT2D eigenvalue weighted by Gasteiger charge is 2.41. The summed E-state index contributed by atoms with van der Waals surface area (Å²) in [5.41, 5.74) is 5.51. The van der Waals surface area contributed by atoms with Gasteiger partial charge in [-0.05, 0) is 38.0 Å². The number of hydrogen-bond donors (Lipinski definition) is 1. The largest absolute Gasteiger partial charge is 0.462 e. The highest BCUT2D eigenvalue weighted by Crippen LogP contribution is 2.38. The molecule has 0 aromatic carbocycles. The maximum atomic E-state index is 12.5. The minimum absolute atomic E-state index is 0.0107. The number of nitrogens with two attached hydrogens (primary N) is 1. The molecule has 2 N–H and O–H groups in total. The van der Waals surface area contributed by atoms with Crippen LogP contribution < -0.4 is 5.73 Å². The molecule has 0 aromatic heterocycles. The van der Waals surface area contributed by atoms with Gasteiger partial charge in [-0.3, -0.25) is 4.79 Å². The van der Waals surface area contributed by atoms with Crippen molar-refractivity contribution in [3.63, 3.8) is 0 Å². The molecule has 0 aliphatic heterocycles. The minimum Gasteiger partial charge on any atom is -0.462 e. The van der Waals surface area contributed by atoms with Crippen LogP contribution in [0.5, 0.6) is 0 Å². The molecule has 3 nitrogen and oxygen atoms in total. The fourth-order valence-electron chi connectivity index (χ4n) is 3.44. The van der Waals surface area contributed by atoms with Gasteiger partial charge in [0.1, 0.15) is 6.10 Å². The number of carbonyl (C=O) groups is 1. The summed E-state index contributed by atoms with van der Waals surface area (Å²) in [4.78, 5) is 12.5. The van der Waals surface area contributed by atoms with Crippen LogP contribution >= 0.6 is 0 Å². The zero-order valence-corrected chi connectivity index (χ0v) is 11.6. The normalized spacial score (nSPS) is 31.9. The van der Waals surface area contributed by atoms with Gasteiger partial charge in [-0.2, -0.15) is 0 Å². The van der Waals surface area contributed by atoms with E-state index in [0.29, 0.717) is 12.5 Å². The van der Waals surface area contributed by atoms with Gasteiger partial charge in [-0.25, -0.2) is 0 Å². The van der Waals surface area contributed by atoms with Crippen molar-refractivity contribution in [2.45, 2.75) is 70.8 Å². The molecular formula is C15H27NO2. The van der Waals surface area contributed by atoms with E-state index in [1.54, 1.807) is 0 Å². The molecule has 0 heterocycles. The van der Waals surface area contributed by atoms with E-state index in [1.807, 2.05) is 0 Å². The van der Waals surface area contributed by atoms with Gasteiger partial charge in [-0.1, -0.05) is 32.6 Å². The molecule has 0 aromatic rings. The summed E-state index contributed by atoms with van der Waals surface area (Å²) in [6, 6.07) is 0. The van der Waals surface area contributed by atoms with Crippen molar-refractivity contribution in [2.24, 2.45) is 17.1 Å². The number of esters is 1. The molecule has 2 rings (SSSR count). The first-order valence-corrected chi connectivity index (χ1v) is 7.59. The maximum absolute atomic E-state index is 12.5. The smallest absolute Gasteiger partial charge is 0.313 e. The van der Waals surface area contributed by atoms with Gasteiger partial charge in [-0.15, -0.1) is 0 Å². The fourth-order valence-corrected chi connectivity index (χ4v) is 3.44. The summed E-state index contributed by atoms with van der Waals surface area (Å²) in [7, 11) is 0. The summed E-state index contributed by atoms with van der Waals surface area (Å²) < 4.78 is 5.82. The van der Waals surface area contributed by atoms with Crippen LogP contribution in [-0.4, -0.2) is 18.6 Å². The molecule has 0 spiro atoms. The second-order valence-electron chi connectivity index (χ2n) is 6.25. The average molecular weight is 253 g/mol. The summed E-state index contributed by atoms with van der Waals surface area (Å²) in [5.74, 6) is 0.504. The Morgan fingerprint density at radius 1 is 1.17 bits per heavy atom. The molecule has 104 valence electrons. The number of ether oxygens (including phenoxy) is 1. The maximum Gasteiger partial charge on any atom is 0.313 e. The van der Waals surface area contributed by atoms with Crippen LogP contribution in [0.4, 0.5) is 0 Å². The molecule has 2 aliphatic carbocycles. The molecule has 0 radical (unpaired) electrons. The number of carbonyl (C=O) groups excluding carboxylic acids is 1. The zero-order valence-electron chi connectivity index (χ0n) is 11.6. The lowest BCUT2D eigenvalue weighted by atomic mass is 9.74. The van der Waals surface area contributed by atoms with E-state index in [1.165, 1.54) is 25.7 Å². The SMILES string of the molecule is CC1CCCCC1OC(=O)C1(CN)CCCCC1. The molecular weight excluding hydrogens is 226 g/mol. The van der Waals surface area contributed by atoms with Crippen LogP contribution in [0.25, 0.3) is 0 Å². The van der Waals surface area contributed by atoms with Crippen molar-refractivity contribution >= 4 is 5.97 Å². The first-order valence-electron chi connectivity index (χ1n) is 7.59. The van der Waals surface area contributed by atoms with Crippen LogP contribution in [-0.2, 0) is 9.53 Å².